The zero-order valence-corrected chi connectivity index (χ0v) is 22.4. The summed E-state index contributed by atoms with van der Waals surface area (Å²) in [6, 6.07) is 7.70. The number of piperidine rings is 1. The van der Waals surface area contributed by atoms with E-state index in [0.717, 1.165) is 30.9 Å². The van der Waals surface area contributed by atoms with Crippen LogP contribution < -0.4 is 5.32 Å². The molecule has 1 aromatic rings. The number of carbonyl (C=O) groups is 2. The summed E-state index contributed by atoms with van der Waals surface area (Å²) in [4.78, 5) is 33.3. The molecule has 2 heterocycles. The zero-order chi connectivity index (χ0) is 23.1. The fraction of sp³-hybridized carbons (Fsp3) is 0.625. The molecule has 9 heteroatoms. The summed E-state index contributed by atoms with van der Waals surface area (Å²) in [5.74, 6) is 0.575. The lowest BCUT2D eigenvalue weighted by Gasteiger charge is -2.35. The standard InChI is InChI=1S/C24H36N4O4.HI/c1-5-31-23(30)21-7-6-12-27(16-21)24(25-4)26-13-19-8-10-20(11-9-19)22(29)28-14-17(2)32-18(3)15-28;/h8-11,17-18,21H,5-7,12-16H2,1-4H3,(H,25,26);1H. The third-order valence-corrected chi connectivity index (χ3v) is 5.91. The van der Waals surface area contributed by atoms with Crippen molar-refractivity contribution in [2.24, 2.45) is 10.9 Å². The van der Waals surface area contributed by atoms with Crippen molar-refractivity contribution in [2.45, 2.75) is 52.4 Å². The van der Waals surface area contributed by atoms with Gasteiger partial charge < -0.3 is 24.6 Å². The van der Waals surface area contributed by atoms with E-state index in [1.165, 1.54) is 0 Å². The van der Waals surface area contributed by atoms with E-state index in [-0.39, 0.29) is 54.0 Å². The van der Waals surface area contributed by atoms with Gasteiger partial charge in [-0.1, -0.05) is 12.1 Å². The molecule has 2 saturated heterocycles. The van der Waals surface area contributed by atoms with E-state index in [9.17, 15) is 9.59 Å². The van der Waals surface area contributed by atoms with E-state index >= 15 is 0 Å². The lowest BCUT2D eigenvalue weighted by atomic mass is 9.98. The highest BCUT2D eigenvalue weighted by molar-refractivity contribution is 14.0. The van der Waals surface area contributed by atoms with Gasteiger partial charge in [0.05, 0.1) is 24.7 Å². The third-order valence-electron chi connectivity index (χ3n) is 5.91. The molecule has 1 N–H and O–H groups in total. The van der Waals surface area contributed by atoms with Crippen molar-refractivity contribution >= 4 is 41.8 Å². The number of hydrogen-bond acceptors (Lipinski definition) is 5. The van der Waals surface area contributed by atoms with Crippen LogP contribution >= 0.6 is 24.0 Å². The molecule has 0 aromatic heterocycles. The molecular formula is C24H37IN4O4. The number of amides is 1. The van der Waals surface area contributed by atoms with Crippen LogP contribution in [0.15, 0.2) is 29.3 Å². The van der Waals surface area contributed by atoms with Crippen molar-refractivity contribution in [3.63, 3.8) is 0 Å². The molecule has 33 heavy (non-hydrogen) atoms. The quantitative estimate of drug-likeness (QED) is 0.253. The molecule has 3 unspecified atom stereocenters. The van der Waals surface area contributed by atoms with E-state index in [1.54, 1.807) is 7.05 Å². The van der Waals surface area contributed by atoms with Crippen molar-refractivity contribution in [1.29, 1.82) is 0 Å². The Balaban J connectivity index is 0.00000385. The number of morpholine rings is 1. The lowest BCUT2D eigenvalue weighted by molar-refractivity contribution is -0.149. The SMILES string of the molecule is CCOC(=O)C1CCCN(C(=NC)NCc2ccc(C(=O)N3CC(C)OC(C)C3)cc2)C1.I. The molecule has 184 valence electrons. The van der Waals surface area contributed by atoms with Crippen molar-refractivity contribution < 1.29 is 19.1 Å². The van der Waals surface area contributed by atoms with Crippen LogP contribution in [0.3, 0.4) is 0 Å². The molecule has 1 aromatic carbocycles. The van der Waals surface area contributed by atoms with Gasteiger partial charge in [0.15, 0.2) is 5.96 Å². The van der Waals surface area contributed by atoms with Crippen LogP contribution in [0.1, 0.15) is 49.5 Å². The number of esters is 1. The van der Waals surface area contributed by atoms with Gasteiger partial charge in [-0.05, 0) is 51.3 Å². The molecule has 0 radical (unpaired) electrons. The van der Waals surface area contributed by atoms with Crippen LogP contribution in [0.4, 0.5) is 0 Å². The maximum Gasteiger partial charge on any atom is 0.310 e. The van der Waals surface area contributed by atoms with Gasteiger partial charge >= 0.3 is 5.97 Å². The molecule has 2 fully saturated rings. The Labute approximate surface area is 214 Å². The maximum atomic E-state index is 12.8. The number of likely N-dealkylation sites (tertiary alicyclic amines) is 1. The number of carbonyl (C=O) groups excluding carboxylic acids is 2. The fourth-order valence-corrected chi connectivity index (χ4v) is 4.43. The van der Waals surface area contributed by atoms with Gasteiger partial charge in [0.1, 0.15) is 0 Å². The van der Waals surface area contributed by atoms with Gasteiger partial charge in [0.25, 0.3) is 5.91 Å². The molecule has 2 aliphatic heterocycles. The highest BCUT2D eigenvalue weighted by atomic mass is 127. The minimum absolute atomic E-state index is 0. The summed E-state index contributed by atoms with van der Waals surface area (Å²) in [6.45, 7) is 9.53. The Morgan fingerprint density at radius 3 is 2.39 bits per heavy atom. The first kappa shape index (κ1) is 27.4. The van der Waals surface area contributed by atoms with Gasteiger partial charge in [0.2, 0.25) is 0 Å². The first-order valence-electron chi connectivity index (χ1n) is 11.6. The Bertz CT molecular complexity index is 807. The summed E-state index contributed by atoms with van der Waals surface area (Å²) < 4.78 is 10.9. The van der Waals surface area contributed by atoms with Crippen LogP contribution in [-0.2, 0) is 20.8 Å². The topological polar surface area (TPSA) is 83.5 Å². The second-order valence-electron chi connectivity index (χ2n) is 8.60. The first-order valence-corrected chi connectivity index (χ1v) is 11.6. The summed E-state index contributed by atoms with van der Waals surface area (Å²) in [7, 11) is 1.75. The maximum absolute atomic E-state index is 12.8. The predicted octanol–water partition coefficient (Wildman–Crippen LogP) is 2.90. The number of nitrogens with zero attached hydrogens (tertiary/aromatic N) is 3. The molecule has 8 nitrogen and oxygen atoms in total. The van der Waals surface area contributed by atoms with Crippen molar-refractivity contribution in [1.82, 2.24) is 15.1 Å². The predicted molar refractivity (Wildman–Crippen MR) is 139 cm³/mol. The minimum Gasteiger partial charge on any atom is -0.466 e. The van der Waals surface area contributed by atoms with Crippen LogP contribution in [0, 0.1) is 5.92 Å². The number of nitrogens with one attached hydrogen (secondary N) is 1. The largest absolute Gasteiger partial charge is 0.466 e. The van der Waals surface area contributed by atoms with Gasteiger partial charge in [-0.25, -0.2) is 0 Å². The van der Waals surface area contributed by atoms with Gasteiger partial charge in [0, 0.05) is 45.3 Å². The summed E-state index contributed by atoms with van der Waals surface area (Å²) in [5, 5.41) is 3.38. The average Bonchev–Trinajstić information content (AvgIpc) is 2.79. The normalized spacial score (nSPS) is 23.5. The molecule has 0 spiro atoms. The van der Waals surface area contributed by atoms with E-state index in [2.05, 4.69) is 15.2 Å². The Morgan fingerprint density at radius 1 is 1.12 bits per heavy atom. The van der Waals surface area contributed by atoms with Crippen LogP contribution in [0.2, 0.25) is 0 Å². The molecule has 0 saturated carbocycles. The Hall–Kier alpha value is -1.88. The Kier molecular flexibility index (Phi) is 10.9. The Morgan fingerprint density at radius 2 is 1.79 bits per heavy atom. The zero-order valence-electron chi connectivity index (χ0n) is 20.1. The van der Waals surface area contributed by atoms with Gasteiger partial charge in [-0.2, -0.15) is 0 Å². The number of halogens is 1. The summed E-state index contributed by atoms with van der Waals surface area (Å²) in [6.07, 6.45) is 1.88. The number of benzene rings is 1. The van der Waals surface area contributed by atoms with E-state index < -0.39 is 0 Å². The number of guanidine groups is 1. The van der Waals surface area contributed by atoms with Gasteiger partial charge in [-0.15, -0.1) is 24.0 Å². The van der Waals surface area contributed by atoms with Gasteiger partial charge in [-0.3, -0.25) is 14.6 Å². The second-order valence-corrected chi connectivity index (χ2v) is 8.60. The number of hydrogen-bond donors (Lipinski definition) is 1. The monoisotopic (exact) mass is 572 g/mol. The number of aliphatic imine (C=N–C) groups is 1. The average molecular weight is 572 g/mol. The van der Waals surface area contributed by atoms with E-state index in [0.29, 0.717) is 38.3 Å². The number of rotatable bonds is 5. The van der Waals surface area contributed by atoms with Crippen molar-refractivity contribution in [2.75, 3.05) is 39.8 Å². The minimum atomic E-state index is -0.128. The highest BCUT2D eigenvalue weighted by Gasteiger charge is 2.29. The molecule has 1 amide bonds. The van der Waals surface area contributed by atoms with E-state index in [4.69, 9.17) is 9.47 Å². The van der Waals surface area contributed by atoms with Crippen LogP contribution in [-0.4, -0.2) is 79.7 Å². The lowest BCUT2D eigenvalue weighted by Crippen LogP contribution is -2.48. The molecule has 2 aliphatic rings. The highest BCUT2D eigenvalue weighted by Crippen LogP contribution is 2.19. The molecule has 3 rings (SSSR count). The fourth-order valence-electron chi connectivity index (χ4n) is 4.43. The van der Waals surface area contributed by atoms with Crippen molar-refractivity contribution in [3.8, 4) is 0 Å². The smallest absolute Gasteiger partial charge is 0.310 e. The molecule has 0 bridgehead atoms. The third kappa shape index (κ3) is 7.56. The molecular weight excluding hydrogens is 535 g/mol. The van der Waals surface area contributed by atoms with Crippen LogP contribution in [0.25, 0.3) is 0 Å². The summed E-state index contributed by atoms with van der Waals surface area (Å²) >= 11 is 0. The summed E-state index contributed by atoms with van der Waals surface area (Å²) in [5.41, 5.74) is 1.75. The van der Waals surface area contributed by atoms with Crippen LogP contribution in [0.5, 0.6) is 0 Å². The first-order chi connectivity index (χ1) is 15.4. The molecule has 3 atom stereocenters. The number of ether oxygens (including phenoxy) is 2. The van der Waals surface area contributed by atoms with E-state index in [1.807, 2.05) is 49.9 Å². The second kappa shape index (κ2) is 13.1. The van der Waals surface area contributed by atoms with Crippen molar-refractivity contribution in [3.05, 3.63) is 35.4 Å². The molecule has 0 aliphatic carbocycles.